The van der Waals surface area contributed by atoms with E-state index in [1.54, 1.807) is 7.11 Å². The number of rotatable bonds is 8. The Bertz CT molecular complexity index is 664. The second-order valence-corrected chi connectivity index (χ2v) is 8.83. The van der Waals surface area contributed by atoms with E-state index < -0.39 is 0 Å². The lowest BCUT2D eigenvalue weighted by Crippen LogP contribution is -2.55. The summed E-state index contributed by atoms with van der Waals surface area (Å²) in [6, 6.07) is 5.50. The maximum atomic E-state index is 12.3. The van der Waals surface area contributed by atoms with Crippen LogP contribution in [0.15, 0.2) is 12.1 Å². The minimum absolute atomic E-state index is 0.280. The van der Waals surface area contributed by atoms with E-state index in [4.69, 9.17) is 9.47 Å². The largest absolute Gasteiger partial charge is 0.493 e. The van der Waals surface area contributed by atoms with Crippen molar-refractivity contribution in [2.45, 2.75) is 57.0 Å². The number of alkyl halides is 1. The molecule has 0 N–H and O–H groups in total. The molecule has 156 valence electrons. The van der Waals surface area contributed by atoms with Crippen LogP contribution < -0.4 is 9.47 Å². The summed E-state index contributed by atoms with van der Waals surface area (Å²) in [5.41, 5.74) is 2.78. The van der Waals surface area contributed by atoms with Gasteiger partial charge in [-0.1, -0.05) is 19.3 Å². The van der Waals surface area contributed by atoms with Gasteiger partial charge in [0.1, 0.15) is 0 Å². The number of fused-ring (bicyclic) bond motifs is 3. The Hall–Kier alpha value is -1.33. The lowest BCUT2D eigenvalue weighted by Gasteiger charge is -2.49. The van der Waals surface area contributed by atoms with Crippen molar-refractivity contribution in [2.75, 3.05) is 47.1 Å². The molecular formula is C23H35FN2O2. The quantitative estimate of drug-likeness (QED) is 0.620. The SMILES string of the molecule is COc1cc2c(cc1OCCCCF)CCN1C[C@@H](CC3CCC3)N(C)CC21. The monoisotopic (exact) mass is 390 g/mol. The number of halogens is 1. The zero-order chi connectivity index (χ0) is 19.5. The van der Waals surface area contributed by atoms with E-state index in [2.05, 4.69) is 29.0 Å². The first-order valence-corrected chi connectivity index (χ1v) is 11.0. The number of piperazine rings is 1. The topological polar surface area (TPSA) is 24.9 Å². The van der Waals surface area contributed by atoms with Gasteiger partial charge in [0.2, 0.25) is 0 Å². The van der Waals surface area contributed by atoms with E-state index in [1.165, 1.54) is 43.4 Å². The fraction of sp³-hybridized carbons (Fsp3) is 0.739. The maximum Gasteiger partial charge on any atom is 0.161 e. The molecule has 1 aromatic rings. The van der Waals surface area contributed by atoms with Crippen LogP contribution in [0.25, 0.3) is 0 Å². The lowest BCUT2D eigenvalue weighted by atomic mass is 9.79. The van der Waals surface area contributed by atoms with E-state index in [9.17, 15) is 4.39 Å². The Morgan fingerprint density at radius 1 is 1.14 bits per heavy atom. The summed E-state index contributed by atoms with van der Waals surface area (Å²) in [7, 11) is 4.01. The van der Waals surface area contributed by atoms with Crippen LogP contribution in [0.4, 0.5) is 4.39 Å². The average Bonchev–Trinajstić information content (AvgIpc) is 2.67. The Morgan fingerprint density at radius 2 is 2.00 bits per heavy atom. The molecule has 5 heteroatoms. The number of ether oxygens (including phenoxy) is 2. The Kier molecular flexibility index (Phi) is 6.42. The van der Waals surface area contributed by atoms with E-state index in [0.717, 1.165) is 43.3 Å². The predicted molar refractivity (Wildman–Crippen MR) is 110 cm³/mol. The highest BCUT2D eigenvalue weighted by atomic mass is 19.1. The second kappa shape index (κ2) is 9.00. The van der Waals surface area contributed by atoms with Crippen molar-refractivity contribution in [3.63, 3.8) is 0 Å². The van der Waals surface area contributed by atoms with Crippen molar-refractivity contribution >= 4 is 0 Å². The van der Waals surface area contributed by atoms with Crippen LogP contribution in [0.1, 0.15) is 55.7 Å². The molecule has 1 aliphatic carbocycles. The number of methoxy groups -OCH3 is 1. The van der Waals surface area contributed by atoms with Gasteiger partial charge in [-0.05, 0) is 61.9 Å². The summed E-state index contributed by atoms with van der Waals surface area (Å²) in [6.07, 6.45) is 8.01. The molecule has 1 aromatic carbocycles. The number of nitrogens with zero attached hydrogens (tertiary/aromatic N) is 2. The van der Waals surface area contributed by atoms with Crippen LogP contribution in [0.5, 0.6) is 11.5 Å². The van der Waals surface area contributed by atoms with E-state index in [1.807, 2.05) is 0 Å². The van der Waals surface area contributed by atoms with Crippen molar-refractivity contribution in [2.24, 2.45) is 5.92 Å². The molecule has 0 spiro atoms. The fourth-order valence-corrected chi connectivity index (χ4v) is 5.04. The Balaban J connectivity index is 1.47. The number of hydrogen-bond donors (Lipinski definition) is 0. The molecule has 1 saturated heterocycles. The molecule has 3 aliphatic rings. The van der Waals surface area contributed by atoms with Gasteiger partial charge in [0.25, 0.3) is 0 Å². The van der Waals surface area contributed by atoms with Crippen molar-refractivity contribution < 1.29 is 13.9 Å². The molecule has 0 aromatic heterocycles. The molecule has 0 bridgehead atoms. The van der Waals surface area contributed by atoms with Crippen molar-refractivity contribution in [3.8, 4) is 11.5 Å². The number of hydrogen-bond acceptors (Lipinski definition) is 4. The van der Waals surface area contributed by atoms with Gasteiger partial charge >= 0.3 is 0 Å². The van der Waals surface area contributed by atoms with Crippen molar-refractivity contribution in [1.82, 2.24) is 9.80 Å². The molecule has 2 heterocycles. The summed E-state index contributed by atoms with van der Waals surface area (Å²) in [4.78, 5) is 5.27. The zero-order valence-corrected chi connectivity index (χ0v) is 17.5. The van der Waals surface area contributed by atoms with Gasteiger partial charge in [0.15, 0.2) is 11.5 Å². The predicted octanol–water partition coefficient (Wildman–Crippen LogP) is 4.23. The van der Waals surface area contributed by atoms with Crippen LogP contribution >= 0.6 is 0 Å². The molecule has 4 nitrogen and oxygen atoms in total. The van der Waals surface area contributed by atoms with E-state index in [-0.39, 0.29) is 6.67 Å². The summed E-state index contributed by atoms with van der Waals surface area (Å²) in [5, 5.41) is 0. The standard InChI is InChI=1S/C23H35FN2O2/c1-25-16-21-20-14-22(27-2)23(28-11-4-3-9-24)13-18(20)8-10-26(21)15-19(25)12-17-6-5-7-17/h13-14,17,19,21H,3-12,15-16H2,1-2H3/t19-,21?/m1/s1. The molecule has 1 saturated carbocycles. The van der Waals surface area contributed by atoms with E-state index >= 15 is 0 Å². The van der Waals surface area contributed by atoms with Crippen molar-refractivity contribution in [1.29, 1.82) is 0 Å². The highest BCUT2D eigenvalue weighted by Crippen LogP contribution is 2.41. The van der Waals surface area contributed by atoms with Gasteiger partial charge < -0.3 is 14.4 Å². The van der Waals surface area contributed by atoms with Gasteiger partial charge in [-0.2, -0.15) is 0 Å². The minimum atomic E-state index is -0.280. The first-order chi connectivity index (χ1) is 13.7. The maximum absolute atomic E-state index is 12.3. The third-order valence-electron chi connectivity index (χ3n) is 7.04. The van der Waals surface area contributed by atoms with Gasteiger partial charge in [-0.25, -0.2) is 0 Å². The third kappa shape index (κ3) is 4.16. The first-order valence-electron chi connectivity index (χ1n) is 11.0. The molecule has 2 aliphatic heterocycles. The molecule has 4 rings (SSSR count). The second-order valence-electron chi connectivity index (χ2n) is 8.83. The van der Waals surface area contributed by atoms with Gasteiger partial charge in [0, 0.05) is 31.7 Å². The summed E-state index contributed by atoms with van der Waals surface area (Å²) in [5.74, 6) is 2.57. The minimum Gasteiger partial charge on any atom is -0.493 e. The molecule has 2 fully saturated rings. The van der Waals surface area contributed by atoms with Crippen LogP contribution in [-0.2, 0) is 6.42 Å². The fourth-order valence-electron chi connectivity index (χ4n) is 5.04. The van der Waals surface area contributed by atoms with Crippen LogP contribution in [-0.4, -0.2) is 62.9 Å². The van der Waals surface area contributed by atoms with Crippen LogP contribution in [0.3, 0.4) is 0 Å². The summed E-state index contributed by atoms with van der Waals surface area (Å²) in [6.45, 7) is 3.66. The van der Waals surface area contributed by atoms with Gasteiger partial charge in [0.05, 0.1) is 20.4 Å². The molecule has 1 unspecified atom stereocenters. The molecular weight excluding hydrogens is 355 g/mol. The smallest absolute Gasteiger partial charge is 0.161 e. The average molecular weight is 391 g/mol. The van der Waals surface area contributed by atoms with Gasteiger partial charge in [-0.15, -0.1) is 0 Å². The number of unbranched alkanes of at least 4 members (excludes halogenated alkanes) is 1. The van der Waals surface area contributed by atoms with Gasteiger partial charge in [-0.3, -0.25) is 9.29 Å². The lowest BCUT2D eigenvalue weighted by molar-refractivity contribution is 0.0217. The Labute approximate surface area is 169 Å². The summed E-state index contributed by atoms with van der Waals surface area (Å²) < 4.78 is 23.9. The molecule has 0 amide bonds. The van der Waals surface area contributed by atoms with Crippen molar-refractivity contribution in [3.05, 3.63) is 23.3 Å². The zero-order valence-electron chi connectivity index (χ0n) is 17.5. The number of likely N-dealkylation sites (N-methyl/N-ethyl adjacent to an activating group) is 1. The molecule has 28 heavy (non-hydrogen) atoms. The third-order valence-corrected chi connectivity index (χ3v) is 7.04. The Morgan fingerprint density at radius 3 is 2.71 bits per heavy atom. The number of benzene rings is 1. The van der Waals surface area contributed by atoms with Crippen LogP contribution in [0.2, 0.25) is 0 Å². The van der Waals surface area contributed by atoms with E-state index in [0.29, 0.717) is 25.1 Å². The summed E-state index contributed by atoms with van der Waals surface area (Å²) >= 11 is 0. The highest BCUT2D eigenvalue weighted by molar-refractivity contribution is 5.49. The first kappa shape index (κ1) is 20.0. The molecule has 2 atom stereocenters. The highest BCUT2D eigenvalue weighted by Gasteiger charge is 2.38. The normalized spacial score (nSPS) is 25.7. The van der Waals surface area contributed by atoms with Crippen LogP contribution in [0, 0.1) is 5.92 Å². The molecule has 0 radical (unpaired) electrons.